The zero-order valence-corrected chi connectivity index (χ0v) is 17.0. The number of rotatable bonds is 5. The van der Waals surface area contributed by atoms with Crippen LogP contribution in [0.4, 0.5) is 4.79 Å². The number of carbonyl (C=O) groups excluding carboxylic acids is 1. The van der Waals surface area contributed by atoms with Crippen LogP contribution in [-0.4, -0.2) is 23.8 Å². The number of fused-ring (bicyclic) bond motifs is 3. The molecule has 2 N–H and O–H groups in total. The second-order valence-corrected chi connectivity index (χ2v) is 8.72. The molecule has 1 aliphatic rings. The largest absolute Gasteiger partial charge is 0.479 e. The highest BCUT2D eigenvalue weighted by atomic mass is 79.9. The van der Waals surface area contributed by atoms with Crippen LogP contribution in [0.2, 0.25) is 0 Å². The van der Waals surface area contributed by atoms with Crippen molar-refractivity contribution in [1.29, 1.82) is 0 Å². The highest BCUT2D eigenvalue weighted by Gasteiger charge is 2.30. The molecule has 1 aromatic heterocycles. The van der Waals surface area contributed by atoms with Crippen molar-refractivity contribution >= 4 is 39.3 Å². The molecule has 4 rings (SSSR count). The lowest BCUT2D eigenvalue weighted by Crippen LogP contribution is -2.34. The monoisotopic (exact) mass is 457 g/mol. The normalized spacial score (nSPS) is 13.5. The molecule has 1 aliphatic carbocycles. The number of benzene rings is 2. The van der Waals surface area contributed by atoms with E-state index in [9.17, 15) is 14.7 Å². The van der Waals surface area contributed by atoms with Gasteiger partial charge >= 0.3 is 12.1 Å². The van der Waals surface area contributed by atoms with Gasteiger partial charge in [0.1, 0.15) is 6.61 Å². The van der Waals surface area contributed by atoms with Gasteiger partial charge in [-0.05, 0) is 55.2 Å². The van der Waals surface area contributed by atoms with Gasteiger partial charge in [-0.15, -0.1) is 11.3 Å². The van der Waals surface area contributed by atoms with E-state index < -0.39 is 18.1 Å². The quantitative estimate of drug-likeness (QED) is 0.553. The van der Waals surface area contributed by atoms with Crippen LogP contribution in [0.3, 0.4) is 0 Å². The molecule has 0 spiro atoms. The third-order valence-electron chi connectivity index (χ3n) is 4.77. The second-order valence-electron chi connectivity index (χ2n) is 6.43. The fourth-order valence-electron chi connectivity index (χ4n) is 3.52. The van der Waals surface area contributed by atoms with Gasteiger partial charge in [-0.2, -0.15) is 0 Å². The summed E-state index contributed by atoms with van der Waals surface area (Å²) >= 11 is 4.66. The molecular weight excluding hydrogens is 442 g/mol. The van der Waals surface area contributed by atoms with Gasteiger partial charge in [-0.25, -0.2) is 9.59 Å². The molecule has 0 saturated carbocycles. The van der Waals surface area contributed by atoms with Crippen molar-refractivity contribution in [3.05, 3.63) is 80.5 Å². The van der Waals surface area contributed by atoms with Gasteiger partial charge in [0, 0.05) is 5.92 Å². The Morgan fingerprint density at radius 2 is 1.71 bits per heavy atom. The molecule has 28 heavy (non-hydrogen) atoms. The zero-order chi connectivity index (χ0) is 19.7. The van der Waals surface area contributed by atoms with E-state index in [1.165, 1.54) is 11.3 Å². The average molecular weight is 458 g/mol. The van der Waals surface area contributed by atoms with E-state index >= 15 is 0 Å². The first-order valence-corrected chi connectivity index (χ1v) is 10.3. The van der Waals surface area contributed by atoms with Crippen LogP contribution < -0.4 is 5.32 Å². The van der Waals surface area contributed by atoms with Crippen LogP contribution in [-0.2, 0) is 9.53 Å². The Morgan fingerprint density at radius 3 is 2.25 bits per heavy atom. The molecule has 142 valence electrons. The van der Waals surface area contributed by atoms with Crippen LogP contribution in [0.5, 0.6) is 0 Å². The van der Waals surface area contributed by atoms with Crippen LogP contribution >= 0.6 is 27.3 Å². The Bertz CT molecular complexity index is 1000. The maximum absolute atomic E-state index is 12.3. The van der Waals surface area contributed by atoms with E-state index in [0.29, 0.717) is 5.56 Å². The van der Waals surface area contributed by atoms with E-state index in [2.05, 4.69) is 33.4 Å². The fraction of sp³-hybridized carbons (Fsp3) is 0.143. The third-order valence-corrected chi connectivity index (χ3v) is 6.30. The highest BCUT2D eigenvalue weighted by Crippen LogP contribution is 2.44. The average Bonchev–Trinajstić information content (AvgIpc) is 3.26. The molecule has 1 amide bonds. The number of carbonyl (C=O) groups is 2. The minimum Gasteiger partial charge on any atom is -0.479 e. The summed E-state index contributed by atoms with van der Waals surface area (Å²) in [7, 11) is 0. The predicted octanol–water partition coefficient (Wildman–Crippen LogP) is 5.18. The summed E-state index contributed by atoms with van der Waals surface area (Å²) in [5.41, 5.74) is 4.98. The summed E-state index contributed by atoms with van der Waals surface area (Å²) in [6, 6.07) is 16.6. The number of thiophene rings is 1. The molecule has 1 unspecified atom stereocenters. The number of hydrogen-bond acceptors (Lipinski definition) is 4. The summed E-state index contributed by atoms with van der Waals surface area (Å²) in [6.07, 6.45) is -0.753. The van der Waals surface area contributed by atoms with Crippen molar-refractivity contribution < 1.29 is 19.4 Å². The smallest absolute Gasteiger partial charge is 0.408 e. The number of halogens is 1. The number of nitrogens with one attached hydrogen (secondary N) is 1. The highest BCUT2D eigenvalue weighted by molar-refractivity contribution is 9.11. The van der Waals surface area contributed by atoms with E-state index in [4.69, 9.17) is 4.74 Å². The predicted molar refractivity (Wildman–Crippen MR) is 111 cm³/mol. The Balaban J connectivity index is 1.48. The number of carboxylic acid groups (broad SMARTS) is 1. The standard InChI is InChI=1S/C21H16BrNO4S/c22-18-9-12(11-28-18)19(20(24)25)23-21(26)27-10-17-15-7-3-1-5-13(15)14-6-2-4-8-16(14)17/h1-9,11,17,19H,10H2,(H,23,26)(H,24,25). The molecule has 0 radical (unpaired) electrons. The van der Waals surface area contributed by atoms with Gasteiger partial charge < -0.3 is 15.2 Å². The topological polar surface area (TPSA) is 75.6 Å². The van der Waals surface area contributed by atoms with Crippen molar-refractivity contribution in [1.82, 2.24) is 5.32 Å². The van der Waals surface area contributed by atoms with Gasteiger partial charge in [0.25, 0.3) is 0 Å². The first-order valence-electron chi connectivity index (χ1n) is 8.63. The number of aliphatic carboxylic acids is 1. The van der Waals surface area contributed by atoms with Gasteiger partial charge in [-0.1, -0.05) is 48.5 Å². The van der Waals surface area contributed by atoms with Gasteiger partial charge in [0.15, 0.2) is 6.04 Å². The zero-order valence-electron chi connectivity index (χ0n) is 14.6. The fourth-order valence-corrected chi connectivity index (χ4v) is 4.72. The van der Waals surface area contributed by atoms with Gasteiger partial charge in [0.2, 0.25) is 0 Å². The molecule has 5 nitrogen and oxygen atoms in total. The molecule has 0 aliphatic heterocycles. The molecule has 1 heterocycles. The van der Waals surface area contributed by atoms with Crippen molar-refractivity contribution in [2.45, 2.75) is 12.0 Å². The molecule has 0 bridgehead atoms. The van der Waals surface area contributed by atoms with Crippen LogP contribution in [0.1, 0.15) is 28.7 Å². The van der Waals surface area contributed by atoms with E-state index in [1.807, 2.05) is 36.4 Å². The minimum absolute atomic E-state index is 0.0725. The van der Waals surface area contributed by atoms with Crippen LogP contribution in [0.25, 0.3) is 11.1 Å². The van der Waals surface area contributed by atoms with Crippen molar-refractivity contribution in [3.63, 3.8) is 0 Å². The molecule has 0 fully saturated rings. The van der Waals surface area contributed by atoms with Crippen LogP contribution in [0.15, 0.2) is 63.8 Å². The lowest BCUT2D eigenvalue weighted by atomic mass is 9.98. The molecular formula is C21H16BrNO4S. The van der Waals surface area contributed by atoms with Crippen molar-refractivity contribution in [3.8, 4) is 11.1 Å². The van der Waals surface area contributed by atoms with E-state index in [0.717, 1.165) is 26.0 Å². The SMILES string of the molecule is O=C(NC(C(=O)O)c1csc(Br)c1)OCC1c2ccccc2-c2ccccc21. The first kappa shape index (κ1) is 18.7. The molecule has 1 atom stereocenters. The lowest BCUT2D eigenvalue weighted by Gasteiger charge is -2.17. The van der Waals surface area contributed by atoms with Crippen LogP contribution in [0, 0.1) is 0 Å². The van der Waals surface area contributed by atoms with Gasteiger partial charge in [-0.3, -0.25) is 0 Å². The first-order chi connectivity index (χ1) is 13.5. The van der Waals surface area contributed by atoms with E-state index in [1.54, 1.807) is 11.4 Å². The molecule has 2 aromatic carbocycles. The Hall–Kier alpha value is -2.64. The molecule has 0 saturated heterocycles. The third kappa shape index (κ3) is 3.55. The second kappa shape index (κ2) is 7.77. The molecule has 3 aromatic rings. The Labute approximate surface area is 174 Å². The number of alkyl carbamates (subject to hydrolysis) is 1. The lowest BCUT2D eigenvalue weighted by molar-refractivity contribution is -0.139. The van der Waals surface area contributed by atoms with Crippen molar-refractivity contribution in [2.24, 2.45) is 0 Å². The van der Waals surface area contributed by atoms with Crippen molar-refractivity contribution in [2.75, 3.05) is 6.61 Å². The van der Waals surface area contributed by atoms with E-state index in [-0.39, 0.29) is 12.5 Å². The number of carboxylic acids is 1. The number of hydrogen-bond donors (Lipinski definition) is 2. The summed E-state index contributed by atoms with van der Waals surface area (Å²) in [5, 5.41) is 13.6. The summed E-state index contributed by atoms with van der Waals surface area (Å²) < 4.78 is 6.22. The maximum Gasteiger partial charge on any atom is 0.408 e. The van der Waals surface area contributed by atoms with Gasteiger partial charge in [0.05, 0.1) is 3.79 Å². The summed E-state index contributed by atoms with van der Waals surface area (Å²) in [4.78, 5) is 23.9. The maximum atomic E-state index is 12.3. The molecule has 7 heteroatoms. The Morgan fingerprint density at radius 1 is 1.11 bits per heavy atom. The Kier molecular flexibility index (Phi) is 5.19. The minimum atomic E-state index is -1.15. The summed E-state index contributed by atoms with van der Waals surface area (Å²) in [5.74, 6) is -1.21. The summed E-state index contributed by atoms with van der Waals surface area (Å²) in [6.45, 7) is 0.138. The number of ether oxygens (including phenoxy) is 1. The number of amides is 1.